The standard InChI is InChI=1S/C10H12/c1-8-5-6-9-3-2-4-10(9)7-8/h5-7H,2-4H2,1H3. The Balaban J connectivity index is 2.52. The summed E-state index contributed by atoms with van der Waals surface area (Å²) in [6, 6.07) is 6.81. The molecule has 0 bridgehead atoms. The molecule has 0 unspecified atom stereocenters. The maximum atomic E-state index is 2.32. The smallest absolute Gasteiger partial charge is 0.0273 e. The van der Waals surface area contributed by atoms with Gasteiger partial charge in [-0.1, -0.05) is 23.8 Å². The van der Waals surface area contributed by atoms with E-state index in [0.29, 0.717) is 0 Å². The number of rotatable bonds is 0. The van der Waals surface area contributed by atoms with Crippen LogP contribution in [0.1, 0.15) is 23.1 Å². The topological polar surface area (TPSA) is 0 Å². The molecule has 1 aromatic rings. The molecule has 0 spiro atoms. The molecular weight excluding hydrogens is 120 g/mol. The second kappa shape index (κ2) is 2.12. The van der Waals surface area contributed by atoms with Crippen LogP contribution in [-0.4, -0.2) is 0 Å². The van der Waals surface area contributed by atoms with Gasteiger partial charge in [0.15, 0.2) is 0 Å². The maximum Gasteiger partial charge on any atom is -0.0273 e. The van der Waals surface area contributed by atoms with Gasteiger partial charge in [-0.15, -0.1) is 0 Å². The zero-order valence-electron chi connectivity index (χ0n) is 6.35. The average Bonchev–Trinajstić information content (AvgIpc) is 2.33. The van der Waals surface area contributed by atoms with Crippen LogP contribution in [0.5, 0.6) is 0 Å². The van der Waals surface area contributed by atoms with Crippen LogP contribution in [0, 0.1) is 6.92 Å². The fraction of sp³-hybridized carbons (Fsp3) is 0.400. The second-order valence-electron chi connectivity index (χ2n) is 3.13. The highest BCUT2D eigenvalue weighted by Gasteiger charge is 2.08. The SMILES string of the molecule is Cc1ccc2c(c1)CCC2. The summed E-state index contributed by atoms with van der Waals surface area (Å²) in [5.41, 5.74) is 4.56. The number of hydrogen-bond donors (Lipinski definition) is 0. The molecule has 0 amide bonds. The van der Waals surface area contributed by atoms with Crippen molar-refractivity contribution in [3.63, 3.8) is 0 Å². The quantitative estimate of drug-likeness (QED) is 0.508. The van der Waals surface area contributed by atoms with Crippen LogP contribution in [0.3, 0.4) is 0 Å². The van der Waals surface area contributed by atoms with E-state index in [4.69, 9.17) is 0 Å². The first-order valence-corrected chi connectivity index (χ1v) is 3.95. The van der Waals surface area contributed by atoms with Crippen molar-refractivity contribution >= 4 is 0 Å². The molecular formula is C10H12. The van der Waals surface area contributed by atoms with Gasteiger partial charge in [-0.2, -0.15) is 0 Å². The van der Waals surface area contributed by atoms with Crippen molar-refractivity contribution in [3.8, 4) is 0 Å². The van der Waals surface area contributed by atoms with Crippen LogP contribution in [0.2, 0.25) is 0 Å². The Bertz CT molecular complexity index is 248. The predicted molar refractivity (Wildman–Crippen MR) is 43.2 cm³/mol. The van der Waals surface area contributed by atoms with Crippen molar-refractivity contribution in [3.05, 3.63) is 34.9 Å². The summed E-state index contributed by atoms with van der Waals surface area (Å²) in [7, 11) is 0. The molecule has 0 aromatic heterocycles. The first-order valence-electron chi connectivity index (χ1n) is 3.95. The van der Waals surface area contributed by atoms with Crippen molar-refractivity contribution in [2.45, 2.75) is 26.2 Å². The Morgan fingerprint density at radius 2 is 1.90 bits per heavy atom. The molecule has 0 saturated heterocycles. The third-order valence-corrected chi connectivity index (χ3v) is 2.25. The molecule has 0 radical (unpaired) electrons. The van der Waals surface area contributed by atoms with Gasteiger partial charge in [0.25, 0.3) is 0 Å². The molecule has 1 aromatic carbocycles. The van der Waals surface area contributed by atoms with Crippen molar-refractivity contribution in [1.82, 2.24) is 0 Å². The first kappa shape index (κ1) is 5.96. The van der Waals surface area contributed by atoms with Gasteiger partial charge in [0.05, 0.1) is 0 Å². The number of hydrogen-bond acceptors (Lipinski definition) is 0. The third kappa shape index (κ3) is 0.841. The van der Waals surface area contributed by atoms with Gasteiger partial charge in [-0.25, -0.2) is 0 Å². The van der Waals surface area contributed by atoms with E-state index in [1.807, 2.05) is 0 Å². The third-order valence-electron chi connectivity index (χ3n) is 2.25. The Morgan fingerprint density at radius 1 is 1.10 bits per heavy atom. The Kier molecular flexibility index (Phi) is 1.26. The predicted octanol–water partition coefficient (Wildman–Crippen LogP) is 2.48. The molecule has 0 N–H and O–H groups in total. The van der Waals surface area contributed by atoms with Crippen LogP contribution in [0.15, 0.2) is 18.2 Å². The van der Waals surface area contributed by atoms with Crippen molar-refractivity contribution in [2.24, 2.45) is 0 Å². The number of fused-ring (bicyclic) bond motifs is 1. The minimum atomic E-state index is 1.30. The lowest BCUT2D eigenvalue weighted by Crippen LogP contribution is -1.81. The van der Waals surface area contributed by atoms with E-state index in [1.54, 1.807) is 11.1 Å². The molecule has 0 fully saturated rings. The van der Waals surface area contributed by atoms with Gasteiger partial charge in [0.2, 0.25) is 0 Å². The first-order chi connectivity index (χ1) is 4.86. The monoisotopic (exact) mass is 132 g/mol. The summed E-state index contributed by atoms with van der Waals surface area (Å²) in [4.78, 5) is 0. The summed E-state index contributed by atoms with van der Waals surface area (Å²) in [5, 5.41) is 0. The lowest BCUT2D eigenvalue weighted by molar-refractivity contribution is 0.911. The molecule has 0 heteroatoms. The van der Waals surface area contributed by atoms with Crippen molar-refractivity contribution < 1.29 is 0 Å². The second-order valence-corrected chi connectivity index (χ2v) is 3.13. The van der Waals surface area contributed by atoms with Gasteiger partial charge in [0.1, 0.15) is 0 Å². The molecule has 0 atom stereocenters. The van der Waals surface area contributed by atoms with Gasteiger partial charge < -0.3 is 0 Å². The van der Waals surface area contributed by atoms with E-state index in [2.05, 4.69) is 25.1 Å². The summed E-state index contributed by atoms with van der Waals surface area (Å²) in [6.45, 7) is 2.17. The Hall–Kier alpha value is -0.780. The molecule has 0 nitrogen and oxygen atoms in total. The zero-order chi connectivity index (χ0) is 6.97. The summed E-state index contributed by atoms with van der Waals surface area (Å²) in [6.07, 6.45) is 3.96. The molecule has 2 rings (SSSR count). The van der Waals surface area contributed by atoms with E-state index >= 15 is 0 Å². The fourth-order valence-electron chi connectivity index (χ4n) is 1.70. The maximum absolute atomic E-state index is 2.32. The van der Waals surface area contributed by atoms with Crippen LogP contribution in [0.25, 0.3) is 0 Å². The number of benzene rings is 1. The Morgan fingerprint density at radius 3 is 2.80 bits per heavy atom. The van der Waals surface area contributed by atoms with Crippen LogP contribution in [-0.2, 0) is 12.8 Å². The molecule has 0 heterocycles. The Labute approximate surface area is 61.9 Å². The molecule has 52 valence electrons. The van der Waals surface area contributed by atoms with Gasteiger partial charge >= 0.3 is 0 Å². The molecule has 0 saturated carbocycles. The normalized spacial score (nSPS) is 15.3. The van der Waals surface area contributed by atoms with Gasteiger partial charge in [-0.05, 0) is 37.3 Å². The molecule has 10 heavy (non-hydrogen) atoms. The van der Waals surface area contributed by atoms with E-state index in [1.165, 1.54) is 24.8 Å². The van der Waals surface area contributed by atoms with Crippen LogP contribution in [0.4, 0.5) is 0 Å². The van der Waals surface area contributed by atoms with E-state index in [0.717, 1.165) is 0 Å². The van der Waals surface area contributed by atoms with Gasteiger partial charge in [0, 0.05) is 0 Å². The largest absolute Gasteiger partial charge is 0.0590 e. The highest BCUT2D eigenvalue weighted by molar-refractivity contribution is 5.34. The minimum absolute atomic E-state index is 1.30. The molecule has 1 aliphatic carbocycles. The highest BCUT2D eigenvalue weighted by atomic mass is 14.1. The fourth-order valence-corrected chi connectivity index (χ4v) is 1.70. The zero-order valence-corrected chi connectivity index (χ0v) is 6.35. The van der Waals surface area contributed by atoms with Gasteiger partial charge in [-0.3, -0.25) is 0 Å². The van der Waals surface area contributed by atoms with E-state index in [9.17, 15) is 0 Å². The molecule has 0 aliphatic heterocycles. The highest BCUT2D eigenvalue weighted by Crippen LogP contribution is 2.22. The number of aryl methyl sites for hydroxylation is 3. The lowest BCUT2D eigenvalue weighted by atomic mass is 10.1. The minimum Gasteiger partial charge on any atom is -0.0590 e. The van der Waals surface area contributed by atoms with Crippen molar-refractivity contribution in [1.29, 1.82) is 0 Å². The van der Waals surface area contributed by atoms with Crippen molar-refractivity contribution in [2.75, 3.05) is 0 Å². The lowest BCUT2D eigenvalue weighted by Gasteiger charge is -1.98. The van der Waals surface area contributed by atoms with E-state index < -0.39 is 0 Å². The average molecular weight is 132 g/mol. The summed E-state index contributed by atoms with van der Waals surface area (Å²) < 4.78 is 0. The summed E-state index contributed by atoms with van der Waals surface area (Å²) >= 11 is 0. The van der Waals surface area contributed by atoms with Crippen LogP contribution < -0.4 is 0 Å². The summed E-state index contributed by atoms with van der Waals surface area (Å²) in [5.74, 6) is 0. The molecule has 1 aliphatic rings. The van der Waals surface area contributed by atoms with E-state index in [-0.39, 0.29) is 0 Å². The van der Waals surface area contributed by atoms with Crippen LogP contribution >= 0.6 is 0 Å².